The quantitative estimate of drug-likeness (QED) is 0.831. The lowest BCUT2D eigenvalue weighted by Crippen LogP contribution is -2.42. The van der Waals surface area contributed by atoms with Gasteiger partial charge in [-0.05, 0) is 45.4 Å². The molecule has 0 unspecified atom stereocenters. The molecule has 0 aliphatic rings. The van der Waals surface area contributed by atoms with Crippen LogP contribution >= 0.6 is 11.3 Å². The zero-order valence-electron chi connectivity index (χ0n) is 10.5. The standard InChI is InChI=1S/C11H20N2O2S2/c1-4-11(2,3)13-17(14,15)10-6-5-9(16-10)7-8-12/h5-6,13H,4,7-8,12H2,1-3H3. The predicted molar refractivity (Wildman–Crippen MR) is 71.8 cm³/mol. The van der Waals surface area contributed by atoms with Gasteiger partial charge < -0.3 is 5.73 Å². The molecule has 0 aliphatic heterocycles. The molecule has 0 fully saturated rings. The third kappa shape index (κ3) is 4.06. The highest BCUT2D eigenvalue weighted by molar-refractivity contribution is 7.91. The Morgan fingerprint density at radius 3 is 2.59 bits per heavy atom. The van der Waals surface area contributed by atoms with E-state index in [9.17, 15) is 8.42 Å². The fraction of sp³-hybridized carbons (Fsp3) is 0.636. The van der Waals surface area contributed by atoms with Crippen molar-refractivity contribution in [2.75, 3.05) is 6.54 Å². The van der Waals surface area contributed by atoms with Crippen molar-refractivity contribution in [2.45, 2.75) is 43.4 Å². The van der Waals surface area contributed by atoms with Gasteiger partial charge in [0.05, 0.1) is 0 Å². The SMILES string of the molecule is CCC(C)(C)NS(=O)(=O)c1ccc(CCN)s1. The Morgan fingerprint density at radius 2 is 2.06 bits per heavy atom. The van der Waals surface area contributed by atoms with Crippen molar-refractivity contribution in [1.29, 1.82) is 0 Å². The van der Waals surface area contributed by atoms with E-state index in [1.807, 2.05) is 26.8 Å². The van der Waals surface area contributed by atoms with Gasteiger partial charge in [0, 0.05) is 10.4 Å². The van der Waals surface area contributed by atoms with Crippen LogP contribution in [-0.4, -0.2) is 20.5 Å². The summed E-state index contributed by atoms with van der Waals surface area (Å²) < 4.78 is 27.3. The summed E-state index contributed by atoms with van der Waals surface area (Å²) in [5.74, 6) is 0. The van der Waals surface area contributed by atoms with Crippen molar-refractivity contribution in [3.05, 3.63) is 17.0 Å². The minimum atomic E-state index is -3.40. The van der Waals surface area contributed by atoms with Gasteiger partial charge in [0.15, 0.2) is 0 Å². The van der Waals surface area contributed by atoms with Gasteiger partial charge in [0.25, 0.3) is 10.0 Å². The highest BCUT2D eigenvalue weighted by Crippen LogP contribution is 2.23. The number of rotatable bonds is 6. The number of thiophene rings is 1. The Labute approximate surface area is 107 Å². The fourth-order valence-corrected chi connectivity index (χ4v) is 4.12. The van der Waals surface area contributed by atoms with Crippen LogP contribution in [0.15, 0.2) is 16.3 Å². The van der Waals surface area contributed by atoms with Crippen LogP contribution in [0, 0.1) is 0 Å². The highest BCUT2D eigenvalue weighted by atomic mass is 32.2. The van der Waals surface area contributed by atoms with E-state index in [1.54, 1.807) is 6.07 Å². The molecule has 0 spiro atoms. The van der Waals surface area contributed by atoms with Gasteiger partial charge in [0.2, 0.25) is 0 Å². The molecule has 0 bridgehead atoms. The molecule has 1 rings (SSSR count). The van der Waals surface area contributed by atoms with Crippen LogP contribution in [0.1, 0.15) is 32.1 Å². The lowest BCUT2D eigenvalue weighted by molar-refractivity contribution is 0.440. The van der Waals surface area contributed by atoms with Crippen LogP contribution < -0.4 is 10.5 Å². The molecule has 0 aliphatic carbocycles. The fourth-order valence-electron chi connectivity index (χ4n) is 1.27. The second-order valence-corrected chi connectivity index (χ2v) is 7.68. The lowest BCUT2D eigenvalue weighted by atomic mass is 10.0. The van der Waals surface area contributed by atoms with Crippen molar-refractivity contribution >= 4 is 21.4 Å². The van der Waals surface area contributed by atoms with Crippen molar-refractivity contribution in [3.63, 3.8) is 0 Å². The number of sulfonamides is 1. The number of nitrogens with one attached hydrogen (secondary N) is 1. The Balaban J connectivity index is 2.89. The maximum Gasteiger partial charge on any atom is 0.250 e. The normalized spacial score (nSPS) is 12.9. The van der Waals surface area contributed by atoms with Crippen molar-refractivity contribution < 1.29 is 8.42 Å². The second kappa shape index (κ2) is 5.48. The molecule has 0 aromatic carbocycles. The van der Waals surface area contributed by atoms with Crippen molar-refractivity contribution in [1.82, 2.24) is 4.72 Å². The van der Waals surface area contributed by atoms with E-state index in [0.29, 0.717) is 10.8 Å². The Hall–Kier alpha value is -0.430. The Kier molecular flexibility index (Phi) is 4.71. The molecule has 1 aromatic rings. The van der Waals surface area contributed by atoms with E-state index >= 15 is 0 Å². The summed E-state index contributed by atoms with van der Waals surface area (Å²) in [5.41, 5.74) is 5.02. The highest BCUT2D eigenvalue weighted by Gasteiger charge is 2.25. The van der Waals surface area contributed by atoms with Gasteiger partial charge in [-0.25, -0.2) is 13.1 Å². The second-order valence-electron chi connectivity index (χ2n) is 4.60. The molecule has 4 nitrogen and oxygen atoms in total. The van der Waals surface area contributed by atoms with Gasteiger partial charge in [-0.3, -0.25) is 0 Å². The van der Waals surface area contributed by atoms with Crippen LogP contribution in [0.5, 0.6) is 0 Å². The van der Waals surface area contributed by atoms with Gasteiger partial charge in [-0.15, -0.1) is 11.3 Å². The van der Waals surface area contributed by atoms with E-state index in [1.165, 1.54) is 11.3 Å². The summed E-state index contributed by atoms with van der Waals surface area (Å²) in [7, 11) is -3.40. The molecular weight excluding hydrogens is 256 g/mol. The van der Waals surface area contributed by atoms with Crippen LogP contribution in [-0.2, 0) is 16.4 Å². The maximum atomic E-state index is 12.1. The summed E-state index contributed by atoms with van der Waals surface area (Å²) in [6, 6.07) is 3.47. The zero-order chi connectivity index (χ0) is 13.1. The summed E-state index contributed by atoms with van der Waals surface area (Å²) >= 11 is 1.29. The molecule has 0 amide bonds. The zero-order valence-corrected chi connectivity index (χ0v) is 12.1. The minimum Gasteiger partial charge on any atom is -0.330 e. The third-order valence-corrected chi connectivity index (χ3v) is 5.92. The van der Waals surface area contributed by atoms with Crippen LogP contribution in [0.25, 0.3) is 0 Å². The molecule has 1 heterocycles. The molecule has 0 saturated carbocycles. The first-order chi connectivity index (χ1) is 7.80. The first-order valence-electron chi connectivity index (χ1n) is 5.63. The van der Waals surface area contributed by atoms with Crippen LogP contribution in [0.2, 0.25) is 0 Å². The number of hydrogen-bond donors (Lipinski definition) is 2. The average molecular weight is 276 g/mol. The largest absolute Gasteiger partial charge is 0.330 e. The lowest BCUT2D eigenvalue weighted by Gasteiger charge is -2.23. The van der Waals surface area contributed by atoms with Gasteiger partial charge in [0.1, 0.15) is 4.21 Å². The number of nitrogens with two attached hydrogens (primary N) is 1. The van der Waals surface area contributed by atoms with E-state index < -0.39 is 15.6 Å². The summed E-state index contributed by atoms with van der Waals surface area (Å²) in [6.07, 6.45) is 1.46. The Morgan fingerprint density at radius 1 is 1.41 bits per heavy atom. The first kappa shape index (κ1) is 14.6. The van der Waals surface area contributed by atoms with E-state index in [-0.39, 0.29) is 0 Å². The summed E-state index contributed by atoms with van der Waals surface area (Å²) in [5, 5.41) is 0. The Bertz CT molecular complexity index is 464. The summed E-state index contributed by atoms with van der Waals surface area (Å²) in [6.45, 7) is 6.24. The van der Waals surface area contributed by atoms with Gasteiger partial charge in [-0.1, -0.05) is 6.92 Å². The summed E-state index contributed by atoms with van der Waals surface area (Å²) in [4.78, 5) is 1.00. The molecule has 0 radical (unpaired) electrons. The maximum absolute atomic E-state index is 12.1. The van der Waals surface area contributed by atoms with E-state index in [4.69, 9.17) is 5.73 Å². The molecule has 17 heavy (non-hydrogen) atoms. The molecule has 6 heteroatoms. The van der Waals surface area contributed by atoms with Crippen molar-refractivity contribution in [3.8, 4) is 0 Å². The third-order valence-electron chi connectivity index (χ3n) is 2.59. The molecular formula is C11H20N2O2S2. The predicted octanol–water partition coefficient (Wildman–Crippen LogP) is 1.72. The smallest absolute Gasteiger partial charge is 0.250 e. The van der Waals surface area contributed by atoms with Crippen molar-refractivity contribution in [2.24, 2.45) is 5.73 Å². The minimum absolute atomic E-state index is 0.363. The molecule has 98 valence electrons. The van der Waals surface area contributed by atoms with E-state index in [0.717, 1.165) is 17.7 Å². The first-order valence-corrected chi connectivity index (χ1v) is 7.93. The molecule has 0 atom stereocenters. The number of hydrogen-bond acceptors (Lipinski definition) is 4. The van der Waals surface area contributed by atoms with E-state index in [2.05, 4.69) is 4.72 Å². The topological polar surface area (TPSA) is 72.2 Å². The monoisotopic (exact) mass is 276 g/mol. The van der Waals surface area contributed by atoms with Gasteiger partial charge in [-0.2, -0.15) is 0 Å². The average Bonchev–Trinajstić information content (AvgIpc) is 2.66. The molecule has 1 aromatic heterocycles. The molecule has 0 saturated heterocycles. The van der Waals surface area contributed by atoms with Crippen LogP contribution in [0.3, 0.4) is 0 Å². The van der Waals surface area contributed by atoms with Crippen LogP contribution in [0.4, 0.5) is 0 Å². The van der Waals surface area contributed by atoms with Gasteiger partial charge >= 0.3 is 0 Å². The molecule has 3 N–H and O–H groups in total.